The Kier molecular flexibility index (Phi) is 4.56. The minimum absolute atomic E-state index is 0.536. The summed E-state index contributed by atoms with van der Waals surface area (Å²) in [5.74, 6) is -0.424. The molecule has 1 saturated heterocycles. The van der Waals surface area contributed by atoms with E-state index in [-0.39, 0.29) is 0 Å². The molecule has 2 amide bonds. The summed E-state index contributed by atoms with van der Waals surface area (Å²) in [4.78, 5) is 29.5. The maximum atomic E-state index is 11.6. The first-order chi connectivity index (χ1) is 8.65. The van der Waals surface area contributed by atoms with Crippen molar-refractivity contribution in [2.45, 2.75) is 0 Å². The molecule has 0 aromatic heterocycles. The monoisotopic (exact) mass is 271 g/mol. The summed E-state index contributed by atoms with van der Waals surface area (Å²) in [6.07, 6.45) is 0. The Balaban J connectivity index is 1.75. The molecule has 2 aliphatic heterocycles. The smallest absolute Gasteiger partial charge is 0.304 e. The second-order valence-electron chi connectivity index (χ2n) is 4.22. The zero-order chi connectivity index (χ0) is 13.0. The number of carbonyl (C=O) groups is 2. The number of nitrogens with zero attached hydrogens (tertiary/aromatic N) is 3. The summed E-state index contributed by atoms with van der Waals surface area (Å²) in [6.45, 7) is 3.91. The lowest BCUT2D eigenvalue weighted by atomic mass is 10.4. The normalized spacial score (nSPS) is 21.5. The first kappa shape index (κ1) is 13.3. The van der Waals surface area contributed by atoms with Crippen LogP contribution in [0.15, 0.2) is 4.99 Å². The van der Waals surface area contributed by atoms with E-state index in [0.717, 1.165) is 31.9 Å². The second kappa shape index (κ2) is 6.17. The van der Waals surface area contributed by atoms with E-state index in [1.807, 2.05) is 7.05 Å². The third-order valence-corrected chi connectivity index (χ3v) is 3.67. The number of hydrogen-bond acceptors (Lipinski definition) is 6. The van der Waals surface area contributed by atoms with E-state index in [1.54, 1.807) is 5.01 Å². The third-order valence-electron chi connectivity index (χ3n) is 2.78. The Morgan fingerprint density at radius 3 is 2.56 bits per heavy atom. The summed E-state index contributed by atoms with van der Waals surface area (Å²) in [6, 6.07) is 0. The number of hydrogen-bond donors (Lipinski definition) is 2. The third kappa shape index (κ3) is 3.69. The number of thioether (sulfide) groups is 1. The SMILES string of the molecule is CN1CCN(NC(=O)C(=O)NC2=NCCS2)CC1. The number of likely N-dealkylation sites (N-methyl/N-ethyl adjacent to an activating group) is 1. The molecule has 2 N–H and O–H groups in total. The lowest BCUT2D eigenvalue weighted by Crippen LogP contribution is -2.55. The molecule has 0 atom stereocenters. The number of nitrogens with one attached hydrogen (secondary N) is 2. The molecule has 100 valence electrons. The molecule has 0 aromatic carbocycles. The number of amides is 2. The second-order valence-corrected chi connectivity index (χ2v) is 5.30. The van der Waals surface area contributed by atoms with Gasteiger partial charge in [-0.05, 0) is 7.05 Å². The molecule has 0 radical (unpaired) electrons. The van der Waals surface area contributed by atoms with E-state index in [9.17, 15) is 9.59 Å². The van der Waals surface area contributed by atoms with Crippen molar-refractivity contribution < 1.29 is 9.59 Å². The summed E-state index contributed by atoms with van der Waals surface area (Å²) in [7, 11) is 2.03. The molecular formula is C10H17N5O2S. The van der Waals surface area contributed by atoms with Crippen LogP contribution >= 0.6 is 11.8 Å². The van der Waals surface area contributed by atoms with Crippen LogP contribution in [0.25, 0.3) is 0 Å². The summed E-state index contributed by atoms with van der Waals surface area (Å²) >= 11 is 1.45. The lowest BCUT2D eigenvalue weighted by molar-refractivity contribution is -0.141. The standard InChI is InChI=1S/C10H17N5O2S/c1-14-3-5-15(6-4-14)13-9(17)8(16)12-10-11-2-7-18-10/h2-7H2,1H3,(H,13,17)(H,11,12,16). The van der Waals surface area contributed by atoms with Crippen LogP contribution in [0.3, 0.4) is 0 Å². The van der Waals surface area contributed by atoms with Crippen molar-refractivity contribution in [1.82, 2.24) is 20.7 Å². The van der Waals surface area contributed by atoms with Crippen LogP contribution in [0.1, 0.15) is 0 Å². The van der Waals surface area contributed by atoms with Gasteiger partial charge >= 0.3 is 11.8 Å². The maximum Gasteiger partial charge on any atom is 0.323 e. The summed E-state index contributed by atoms with van der Waals surface area (Å²) < 4.78 is 0. The zero-order valence-electron chi connectivity index (χ0n) is 10.3. The molecule has 1 fully saturated rings. The predicted octanol–water partition coefficient (Wildman–Crippen LogP) is -1.52. The fourth-order valence-electron chi connectivity index (χ4n) is 1.68. The first-order valence-corrected chi connectivity index (χ1v) is 6.86. The molecule has 0 bridgehead atoms. The minimum atomic E-state index is -0.651. The molecule has 2 heterocycles. The number of amidine groups is 1. The highest BCUT2D eigenvalue weighted by Gasteiger charge is 2.21. The van der Waals surface area contributed by atoms with Gasteiger partial charge in [-0.25, -0.2) is 5.01 Å². The summed E-state index contributed by atoms with van der Waals surface area (Å²) in [5.41, 5.74) is 2.60. The zero-order valence-corrected chi connectivity index (χ0v) is 11.1. The number of aliphatic imine (C=N–C) groups is 1. The van der Waals surface area contributed by atoms with E-state index < -0.39 is 11.8 Å². The predicted molar refractivity (Wildman–Crippen MR) is 70.1 cm³/mol. The topological polar surface area (TPSA) is 77.0 Å². The molecule has 0 unspecified atom stereocenters. The maximum absolute atomic E-state index is 11.6. The van der Waals surface area contributed by atoms with Gasteiger partial charge in [-0.2, -0.15) is 0 Å². The van der Waals surface area contributed by atoms with Gasteiger partial charge in [-0.1, -0.05) is 11.8 Å². The van der Waals surface area contributed by atoms with Gasteiger partial charge in [0.05, 0.1) is 6.54 Å². The van der Waals surface area contributed by atoms with Gasteiger partial charge < -0.3 is 4.90 Å². The van der Waals surface area contributed by atoms with Gasteiger partial charge in [0.15, 0.2) is 5.17 Å². The Morgan fingerprint density at radius 1 is 1.22 bits per heavy atom. The minimum Gasteiger partial charge on any atom is -0.304 e. The average Bonchev–Trinajstić information content (AvgIpc) is 2.85. The van der Waals surface area contributed by atoms with Gasteiger partial charge in [0.25, 0.3) is 0 Å². The largest absolute Gasteiger partial charge is 0.323 e. The van der Waals surface area contributed by atoms with Crippen molar-refractivity contribution in [1.29, 1.82) is 0 Å². The van der Waals surface area contributed by atoms with Crippen LogP contribution in [-0.2, 0) is 9.59 Å². The molecule has 2 aliphatic rings. The molecule has 2 rings (SSSR count). The van der Waals surface area contributed by atoms with Gasteiger partial charge in [0.2, 0.25) is 0 Å². The highest BCUT2D eigenvalue weighted by molar-refractivity contribution is 8.14. The quantitative estimate of drug-likeness (QED) is 0.567. The van der Waals surface area contributed by atoms with Gasteiger partial charge in [0.1, 0.15) is 0 Å². The van der Waals surface area contributed by atoms with Crippen molar-refractivity contribution in [2.75, 3.05) is 45.5 Å². The fraction of sp³-hybridized carbons (Fsp3) is 0.700. The average molecular weight is 271 g/mol. The Hall–Kier alpha value is -1.12. The number of rotatable bonds is 1. The highest BCUT2D eigenvalue weighted by atomic mass is 32.2. The number of carbonyl (C=O) groups excluding carboxylic acids is 2. The molecule has 7 nitrogen and oxygen atoms in total. The van der Waals surface area contributed by atoms with Crippen LogP contribution < -0.4 is 10.7 Å². The van der Waals surface area contributed by atoms with Crippen LogP contribution in [0, 0.1) is 0 Å². The van der Waals surface area contributed by atoms with Gasteiger partial charge in [-0.3, -0.25) is 25.3 Å². The Bertz CT molecular complexity index is 365. The Labute approximate surface area is 110 Å². The molecule has 8 heteroatoms. The van der Waals surface area contributed by atoms with Gasteiger partial charge in [0, 0.05) is 31.9 Å². The summed E-state index contributed by atoms with van der Waals surface area (Å²) in [5, 5.41) is 4.81. The molecule has 0 saturated carbocycles. The highest BCUT2D eigenvalue weighted by Crippen LogP contribution is 2.08. The van der Waals surface area contributed by atoms with E-state index in [4.69, 9.17) is 0 Å². The molecule has 0 aromatic rings. The fourth-order valence-corrected chi connectivity index (χ4v) is 2.40. The van der Waals surface area contributed by atoms with Crippen molar-refractivity contribution in [3.05, 3.63) is 0 Å². The first-order valence-electron chi connectivity index (χ1n) is 5.88. The van der Waals surface area contributed by atoms with E-state index in [1.165, 1.54) is 11.8 Å². The van der Waals surface area contributed by atoms with E-state index in [2.05, 4.69) is 20.6 Å². The van der Waals surface area contributed by atoms with Crippen molar-refractivity contribution in [3.63, 3.8) is 0 Å². The van der Waals surface area contributed by atoms with Crippen LogP contribution in [0.4, 0.5) is 0 Å². The lowest BCUT2D eigenvalue weighted by Gasteiger charge is -2.32. The molecule has 18 heavy (non-hydrogen) atoms. The number of hydrazine groups is 1. The number of piperazine rings is 1. The van der Waals surface area contributed by atoms with Crippen molar-refractivity contribution in [3.8, 4) is 0 Å². The van der Waals surface area contributed by atoms with Crippen molar-refractivity contribution >= 4 is 28.7 Å². The molecular weight excluding hydrogens is 254 g/mol. The van der Waals surface area contributed by atoms with Crippen LogP contribution in [0.2, 0.25) is 0 Å². The van der Waals surface area contributed by atoms with Crippen molar-refractivity contribution in [2.24, 2.45) is 4.99 Å². The van der Waals surface area contributed by atoms with Crippen LogP contribution in [0.5, 0.6) is 0 Å². The Morgan fingerprint density at radius 2 is 1.94 bits per heavy atom. The van der Waals surface area contributed by atoms with E-state index in [0.29, 0.717) is 11.7 Å². The van der Waals surface area contributed by atoms with E-state index >= 15 is 0 Å². The molecule has 0 aliphatic carbocycles. The van der Waals surface area contributed by atoms with Crippen LogP contribution in [-0.4, -0.2) is 72.4 Å². The van der Waals surface area contributed by atoms with Gasteiger partial charge in [-0.15, -0.1) is 0 Å². The molecule has 0 spiro atoms.